The molecule has 3 rings (SSSR count). The van der Waals surface area contributed by atoms with E-state index in [1.54, 1.807) is 31.3 Å². The number of nitrogens with zero attached hydrogens (tertiary/aromatic N) is 1. The van der Waals surface area contributed by atoms with Gasteiger partial charge in [0.05, 0.1) is 12.0 Å². The molecule has 1 aliphatic rings. The predicted molar refractivity (Wildman–Crippen MR) is 126 cm³/mol. The van der Waals surface area contributed by atoms with Gasteiger partial charge in [-0.05, 0) is 69.0 Å². The maximum Gasteiger partial charge on any atom is 0.321 e. The smallest absolute Gasteiger partial charge is 0.321 e. The van der Waals surface area contributed by atoms with E-state index in [0.29, 0.717) is 50.1 Å². The number of rotatable bonds is 8. The lowest BCUT2D eigenvalue weighted by atomic mass is 9.87. The van der Waals surface area contributed by atoms with Crippen LogP contribution in [0.15, 0.2) is 48.5 Å². The van der Waals surface area contributed by atoms with E-state index >= 15 is 0 Å². The Bertz CT molecular complexity index is 951. The first-order chi connectivity index (χ1) is 15.8. The molecular formula is C25H31N3O5. The molecule has 3 amide bonds. The van der Waals surface area contributed by atoms with Crippen LogP contribution in [0.2, 0.25) is 0 Å². The highest BCUT2D eigenvalue weighted by Gasteiger charge is 2.26. The van der Waals surface area contributed by atoms with Gasteiger partial charge >= 0.3 is 12.0 Å². The summed E-state index contributed by atoms with van der Waals surface area (Å²) in [4.78, 5) is 37.2. The minimum Gasteiger partial charge on any atom is -0.490 e. The van der Waals surface area contributed by atoms with Crippen LogP contribution in [0.25, 0.3) is 0 Å². The molecule has 0 unspecified atom stereocenters. The summed E-state index contributed by atoms with van der Waals surface area (Å²) in [6.07, 6.45) is 2.67. The SMILES string of the molecule is Cc1ccc(N(C)C(=O)NCCNC(=O)c2ccc(OC3CCC(C(=O)O)CC3)cc2)cc1. The maximum atomic E-state index is 12.3. The number of aryl methyl sites for hydroxylation is 1. The van der Waals surface area contributed by atoms with Crippen molar-refractivity contribution in [1.82, 2.24) is 10.6 Å². The summed E-state index contributed by atoms with van der Waals surface area (Å²) in [5.41, 5.74) is 2.41. The Balaban J connectivity index is 1.38. The third-order valence-corrected chi connectivity index (χ3v) is 5.86. The van der Waals surface area contributed by atoms with Gasteiger partial charge in [0.2, 0.25) is 0 Å². The van der Waals surface area contributed by atoms with E-state index < -0.39 is 5.97 Å². The molecule has 1 saturated carbocycles. The Morgan fingerprint density at radius 1 is 0.939 bits per heavy atom. The average molecular weight is 454 g/mol. The van der Waals surface area contributed by atoms with Gasteiger partial charge in [0.1, 0.15) is 5.75 Å². The fraction of sp³-hybridized carbons (Fsp3) is 0.400. The number of amides is 3. The number of anilines is 1. The van der Waals surface area contributed by atoms with E-state index in [1.165, 1.54) is 4.90 Å². The molecule has 0 radical (unpaired) electrons. The Morgan fingerprint density at radius 2 is 1.55 bits per heavy atom. The van der Waals surface area contributed by atoms with Crippen molar-refractivity contribution >= 4 is 23.6 Å². The van der Waals surface area contributed by atoms with Crippen molar-refractivity contribution in [1.29, 1.82) is 0 Å². The Labute approximate surface area is 193 Å². The zero-order chi connectivity index (χ0) is 23.8. The second-order valence-electron chi connectivity index (χ2n) is 8.34. The summed E-state index contributed by atoms with van der Waals surface area (Å²) < 4.78 is 5.93. The van der Waals surface area contributed by atoms with E-state index in [0.717, 1.165) is 11.3 Å². The van der Waals surface area contributed by atoms with Crippen molar-refractivity contribution in [2.45, 2.75) is 38.7 Å². The van der Waals surface area contributed by atoms with E-state index in [2.05, 4.69) is 10.6 Å². The van der Waals surface area contributed by atoms with Crippen LogP contribution in [0.1, 0.15) is 41.6 Å². The molecule has 0 saturated heterocycles. The normalized spacial score (nSPS) is 17.6. The molecule has 2 aromatic rings. The number of aliphatic carboxylic acids is 1. The molecule has 0 atom stereocenters. The summed E-state index contributed by atoms with van der Waals surface area (Å²) in [7, 11) is 1.69. The molecule has 8 nitrogen and oxygen atoms in total. The fourth-order valence-electron chi connectivity index (χ4n) is 3.76. The van der Waals surface area contributed by atoms with E-state index in [-0.39, 0.29) is 24.0 Å². The van der Waals surface area contributed by atoms with Crippen LogP contribution in [0.5, 0.6) is 5.75 Å². The number of carboxylic acids is 1. The maximum absolute atomic E-state index is 12.3. The highest BCUT2D eigenvalue weighted by atomic mass is 16.5. The molecule has 8 heteroatoms. The zero-order valence-corrected chi connectivity index (χ0v) is 19.0. The summed E-state index contributed by atoms with van der Waals surface area (Å²) in [5.74, 6) is -0.577. The van der Waals surface area contributed by atoms with Crippen LogP contribution in [-0.4, -0.2) is 49.3 Å². The molecule has 1 fully saturated rings. The average Bonchev–Trinajstić information content (AvgIpc) is 2.82. The first-order valence-electron chi connectivity index (χ1n) is 11.2. The van der Waals surface area contributed by atoms with Crippen molar-refractivity contribution < 1.29 is 24.2 Å². The van der Waals surface area contributed by atoms with Crippen LogP contribution in [0, 0.1) is 12.8 Å². The van der Waals surface area contributed by atoms with Crippen LogP contribution in [0.4, 0.5) is 10.5 Å². The molecule has 0 aromatic heterocycles. The molecule has 0 heterocycles. The van der Waals surface area contributed by atoms with Gasteiger partial charge in [0.15, 0.2) is 0 Å². The molecule has 1 aliphatic carbocycles. The molecule has 0 bridgehead atoms. The van der Waals surface area contributed by atoms with Crippen molar-refractivity contribution in [2.75, 3.05) is 25.0 Å². The summed E-state index contributed by atoms with van der Waals surface area (Å²) >= 11 is 0. The lowest BCUT2D eigenvalue weighted by Gasteiger charge is -2.26. The van der Waals surface area contributed by atoms with Gasteiger partial charge < -0.3 is 20.5 Å². The van der Waals surface area contributed by atoms with Crippen molar-refractivity contribution in [3.63, 3.8) is 0 Å². The van der Waals surface area contributed by atoms with E-state index in [1.807, 2.05) is 31.2 Å². The van der Waals surface area contributed by atoms with E-state index in [4.69, 9.17) is 9.84 Å². The van der Waals surface area contributed by atoms with Gasteiger partial charge in [-0.2, -0.15) is 0 Å². The monoisotopic (exact) mass is 453 g/mol. The summed E-state index contributed by atoms with van der Waals surface area (Å²) in [5, 5.41) is 14.7. The van der Waals surface area contributed by atoms with Gasteiger partial charge in [-0.1, -0.05) is 17.7 Å². The number of ether oxygens (including phenoxy) is 1. The fourth-order valence-corrected chi connectivity index (χ4v) is 3.76. The number of urea groups is 1. The van der Waals surface area contributed by atoms with E-state index in [9.17, 15) is 14.4 Å². The topological polar surface area (TPSA) is 108 Å². The highest BCUT2D eigenvalue weighted by molar-refractivity contribution is 5.94. The van der Waals surface area contributed by atoms with Crippen molar-refractivity contribution in [3.8, 4) is 5.75 Å². The van der Waals surface area contributed by atoms with Gasteiger partial charge in [0.25, 0.3) is 5.91 Å². The quantitative estimate of drug-likeness (QED) is 0.530. The predicted octanol–water partition coefficient (Wildman–Crippen LogP) is 3.59. The van der Waals surface area contributed by atoms with Crippen molar-refractivity contribution in [2.24, 2.45) is 5.92 Å². The number of carbonyl (C=O) groups excluding carboxylic acids is 2. The lowest BCUT2D eigenvalue weighted by Crippen LogP contribution is -2.41. The molecule has 176 valence electrons. The molecule has 0 spiro atoms. The van der Waals surface area contributed by atoms with Crippen LogP contribution >= 0.6 is 0 Å². The summed E-state index contributed by atoms with van der Waals surface area (Å²) in [6.45, 7) is 2.60. The van der Waals surface area contributed by atoms with Gasteiger partial charge in [-0.15, -0.1) is 0 Å². The number of benzene rings is 2. The number of hydrogen-bond acceptors (Lipinski definition) is 4. The molecular weight excluding hydrogens is 422 g/mol. The van der Waals surface area contributed by atoms with Crippen molar-refractivity contribution in [3.05, 3.63) is 59.7 Å². The zero-order valence-electron chi connectivity index (χ0n) is 19.0. The first kappa shape index (κ1) is 24.1. The molecule has 0 aliphatic heterocycles. The van der Waals surface area contributed by atoms with Gasteiger partial charge in [-0.25, -0.2) is 4.79 Å². The lowest BCUT2D eigenvalue weighted by molar-refractivity contribution is -0.143. The molecule has 33 heavy (non-hydrogen) atoms. The number of carbonyl (C=O) groups is 3. The minimum absolute atomic E-state index is 0.00179. The highest BCUT2D eigenvalue weighted by Crippen LogP contribution is 2.28. The molecule has 2 aromatic carbocycles. The number of nitrogens with one attached hydrogen (secondary N) is 2. The first-order valence-corrected chi connectivity index (χ1v) is 11.2. The van der Waals surface area contributed by atoms with Crippen LogP contribution in [-0.2, 0) is 4.79 Å². The van der Waals surface area contributed by atoms with Crippen LogP contribution in [0.3, 0.4) is 0 Å². The second kappa shape index (κ2) is 11.4. The largest absolute Gasteiger partial charge is 0.490 e. The number of carboxylic acid groups (broad SMARTS) is 1. The van der Waals surface area contributed by atoms with Gasteiger partial charge in [-0.3, -0.25) is 14.5 Å². The summed E-state index contributed by atoms with van der Waals surface area (Å²) in [6, 6.07) is 14.3. The second-order valence-corrected chi connectivity index (χ2v) is 8.34. The van der Waals surface area contributed by atoms with Gasteiger partial charge in [0, 0.05) is 31.4 Å². The third kappa shape index (κ3) is 6.97. The minimum atomic E-state index is -0.735. The Hall–Kier alpha value is -3.55. The molecule has 3 N–H and O–H groups in total. The number of hydrogen-bond donors (Lipinski definition) is 3. The Morgan fingerprint density at radius 3 is 2.15 bits per heavy atom. The Kier molecular flexibility index (Phi) is 8.29. The third-order valence-electron chi connectivity index (χ3n) is 5.86. The standard InChI is InChI=1S/C25H31N3O5/c1-17-3-9-20(10-4-17)28(2)25(32)27-16-15-26-23(29)18-5-11-21(12-6-18)33-22-13-7-19(8-14-22)24(30)31/h3-6,9-12,19,22H,7-8,13-16H2,1-2H3,(H,26,29)(H,27,32)(H,30,31). The van der Waals surface area contributed by atoms with Crippen LogP contribution < -0.4 is 20.3 Å².